The lowest BCUT2D eigenvalue weighted by molar-refractivity contribution is -0.185. The molecule has 1 aromatic heterocycles. The average molecular weight is 288 g/mol. The van der Waals surface area contributed by atoms with E-state index in [9.17, 15) is 23.2 Å². The quantitative estimate of drug-likeness (QED) is 0.797. The Morgan fingerprint density at radius 3 is 2.50 bits per heavy atom. The minimum atomic E-state index is -4.12. The van der Waals surface area contributed by atoms with Crippen molar-refractivity contribution in [3.63, 3.8) is 0 Å². The summed E-state index contributed by atoms with van der Waals surface area (Å²) in [6, 6.07) is 3.38. The molecule has 1 aliphatic heterocycles. The van der Waals surface area contributed by atoms with Crippen LogP contribution in [-0.2, 0) is 6.54 Å². The standard InChI is InChI=1S/C12H16BF3N2O2/c14-12(15,16)10-3-6-18(7-4-10)8-9-2-1-5-17-11(9)13(19)20/h1-2,5,10,19-20H,3-4,6-8H2. The summed E-state index contributed by atoms with van der Waals surface area (Å²) in [5.74, 6) is -1.23. The molecule has 20 heavy (non-hydrogen) atoms. The van der Waals surface area contributed by atoms with Gasteiger partial charge in [-0.3, -0.25) is 9.88 Å². The van der Waals surface area contributed by atoms with E-state index in [1.807, 2.05) is 4.90 Å². The molecule has 2 N–H and O–H groups in total. The Bertz CT molecular complexity index is 449. The third kappa shape index (κ3) is 3.71. The molecule has 0 amide bonds. The number of aromatic nitrogens is 1. The molecule has 1 saturated heterocycles. The van der Waals surface area contributed by atoms with E-state index in [-0.39, 0.29) is 18.4 Å². The van der Waals surface area contributed by atoms with Gasteiger partial charge in [-0.1, -0.05) is 6.07 Å². The lowest BCUT2D eigenvalue weighted by atomic mass is 9.82. The molecule has 0 aromatic carbocycles. The van der Waals surface area contributed by atoms with Gasteiger partial charge in [0, 0.05) is 12.7 Å². The highest BCUT2D eigenvalue weighted by Gasteiger charge is 2.41. The van der Waals surface area contributed by atoms with E-state index in [0.29, 0.717) is 25.2 Å². The number of halogens is 3. The summed E-state index contributed by atoms with van der Waals surface area (Å²) in [6.45, 7) is 1.07. The Morgan fingerprint density at radius 1 is 1.30 bits per heavy atom. The molecule has 1 aromatic rings. The van der Waals surface area contributed by atoms with Crippen LogP contribution in [0.15, 0.2) is 18.3 Å². The molecule has 0 saturated carbocycles. The lowest BCUT2D eigenvalue weighted by Gasteiger charge is -2.33. The molecule has 0 bridgehead atoms. The highest BCUT2D eigenvalue weighted by molar-refractivity contribution is 6.58. The van der Waals surface area contributed by atoms with E-state index < -0.39 is 19.2 Å². The van der Waals surface area contributed by atoms with E-state index in [4.69, 9.17) is 0 Å². The van der Waals surface area contributed by atoms with Gasteiger partial charge < -0.3 is 10.0 Å². The predicted octanol–water partition coefficient (Wildman–Crippen LogP) is 0.536. The van der Waals surface area contributed by atoms with Gasteiger partial charge >= 0.3 is 13.3 Å². The second-order valence-corrected chi connectivity index (χ2v) is 5.01. The first-order valence-electron chi connectivity index (χ1n) is 6.47. The van der Waals surface area contributed by atoms with Crippen molar-refractivity contribution >= 4 is 12.7 Å². The number of likely N-dealkylation sites (tertiary alicyclic amines) is 1. The van der Waals surface area contributed by atoms with Gasteiger partial charge in [0.15, 0.2) is 0 Å². The SMILES string of the molecule is OB(O)c1ncccc1CN1CCC(C(F)(F)F)CC1. The largest absolute Gasteiger partial charge is 0.508 e. The monoisotopic (exact) mass is 288 g/mol. The van der Waals surface area contributed by atoms with Crippen LogP contribution in [0.1, 0.15) is 18.4 Å². The Kier molecular flexibility index (Phi) is 4.67. The van der Waals surface area contributed by atoms with Crippen molar-refractivity contribution in [3.05, 3.63) is 23.9 Å². The fourth-order valence-corrected chi connectivity index (χ4v) is 2.48. The fraction of sp³-hybridized carbons (Fsp3) is 0.583. The van der Waals surface area contributed by atoms with Gasteiger partial charge in [0.1, 0.15) is 0 Å². The van der Waals surface area contributed by atoms with Crippen LogP contribution in [-0.4, -0.2) is 46.3 Å². The molecule has 0 aliphatic carbocycles. The molecule has 0 unspecified atom stereocenters. The predicted molar refractivity (Wildman–Crippen MR) is 68.1 cm³/mol. The van der Waals surface area contributed by atoms with Gasteiger partial charge in [0.05, 0.1) is 11.5 Å². The van der Waals surface area contributed by atoms with Crippen molar-refractivity contribution in [2.45, 2.75) is 25.6 Å². The van der Waals surface area contributed by atoms with Crippen molar-refractivity contribution in [1.29, 1.82) is 0 Å². The Labute approximate surface area is 115 Å². The zero-order valence-electron chi connectivity index (χ0n) is 10.8. The third-order valence-corrected chi connectivity index (χ3v) is 3.62. The number of pyridine rings is 1. The third-order valence-electron chi connectivity index (χ3n) is 3.62. The highest BCUT2D eigenvalue weighted by atomic mass is 19.4. The number of alkyl halides is 3. The summed E-state index contributed by atoms with van der Waals surface area (Å²) in [7, 11) is -1.67. The summed E-state index contributed by atoms with van der Waals surface area (Å²) in [5.41, 5.74) is 0.790. The first-order valence-corrected chi connectivity index (χ1v) is 6.47. The van der Waals surface area contributed by atoms with Gasteiger partial charge in [-0.25, -0.2) is 0 Å². The molecule has 1 aliphatic rings. The maximum absolute atomic E-state index is 12.6. The van der Waals surface area contributed by atoms with Gasteiger partial charge in [-0.15, -0.1) is 0 Å². The molecular formula is C12H16BF3N2O2. The second kappa shape index (κ2) is 6.11. The summed E-state index contributed by atoms with van der Waals surface area (Å²) >= 11 is 0. The van der Waals surface area contributed by atoms with E-state index in [0.717, 1.165) is 0 Å². The number of hydrogen-bond acceptors (Lipinski definition) is 4. The molecule has 2 rings (SSSR count). The Balaban J connectivity index is 1.96. The average Bonchev–Trinajstić information content (AvgIpc) is 2.38. The maximum Gasteiger partial charge on any atom is 0.508 e. The van der Waals surface area contributed by atoms with Crippen LogP contribution < -0.4 is 5.59 Å². The van der Waals surface area contributed by atoms with Crippen molar-refractivity contribution in [1.82, 2.24) is 9.88 Å². The highest BCUT2D eigenvalue weighted by Crippen LogP contribution is 2.34. The van der Waals surface area contributed by atoms with Crippen molar-refractivity contribution < 1.29 is 23.2 Å². The van der Waals surface area contributed by atoms with E-state index in [1.54, 1.807) is 12.1 Å². The van der Waals surface area contributed by atoms with Gasteiger partial charge in [0.25, 0.3) is 0 Å². The number of rotatable bonds is 3. The maximum atomic E-state index is 12.6. The number of hydrogen-bond donors (Lipinski definition) is 2. The summed E-state index contributed by atoms with van der Waals surface area (Å²) in [4.78, 5) is 5.77. The smallest absolute Gasteiger partial charge is 0.422 e. The fourth-order valence-electron chi connectivity index (χ4n) is 2.48. The molecule has 0 atom stereocenters. The molecule has 2 heterocycles. The van der Waals surface area contributed by atoms with Gasteiger partial charge in [-0.05, 0) is 37.6 Å². The van der Waals surface area contributed by atoms with Crippen molar-refractivity contribution in [2.75, 3.05) is 13.1 Å². The Morgan fingerprint density at radius 2 is 1.95 bits per heavy atom. The second-order valence-electron chi connectivity index (χ2n) is 5.01. The van der Waals surface area contributed by atoms with Crippen molar-refractivity contribution in [3.8, 4) is 0 Å². The minimum absolute atomic E-state index is 0.0841. The van der Waals surface area contributed by atoms with Crippen LogP contribution >= 0.6 is 0 Å². The van der Waals surface area contributed by atoms with Crippen molar-refractivity contribution in [2.24, 2.45) is 5.92 Å². The Hall–Kier alpha value is -1.12. The van der Waals surface area contributed by atoms with Gasteiger partial charge in [0.2, 0.25) is 0 Å². The summed E-state index contributed by atoms with van der Waals surface area (Å²) < 4.78 is 37.7. The van der Waals surface area contributed by atoms with E-state index in [2.05, 4.69) is 4.98 Å². The zero-order chi connectivity index (χ0) is 14.8. The first kappa shape index (κ1) is 15.3. The molecule has 0 radical (unpaired) electrons. The summed E-state index contributed by atoms with van der Waals surface area (Å²) in [5, 5.41) is 18.4. The lowest BCUT2D eigenvalue weighted by Crippen LogP contribution is -2.41. The molecule has 110 valence electrons. The number of nitrogens with zero attached hydrogens (tertiary/aromatic N) is 2. The molecule has 4 nitrogen and oxygen atoms in total. The molecule has 1 fully saturated rings. The van der Waals surface area contributed by atoms with Crippen LogP contribution in [0.4, 0.5) is 13.2 Å². The van der Waals surface area contributed by atoms with Gasteiger partial charge in [-0.2, -0.15) is 13.2 Å². The molecule has 0 spiro atoms. The van der Waals surface area contributed by atoms with Crippen LogP contribution in [0, 0.1) is 5.92 Å². The van der Waals surface area contributed by atoms with E-state index in [1.165, 1.54) is 6.20 Å². The molecule has 8 heteroatoms. The molecular weight excluding hydrogens is 272 g/mol. The topological polar surface area (TPSA) is 56.6 Å². The summed E-state index contributed by atoms with van der Waals surface area (Å²) in [6.07, 6.45) is -2.50. The minimum Gasteiger partial charge on any atom is -0.422 e. The van der Waals surface area contributed by atoms with E-state index >= 15 is 0 Å². The first-order chi connectivity index (χ1) is 9.38. The van der Waals surface area contributed by atoms with Crippen LogP contribution in [0.3, 0.4) is 0 Å². The zero-order valence-corrected chi connectivity index (χ0v) is 10.8. The van der Waals surface area contributed by atoms with Crippen LogP contribution in [0.25, 0.3) is 0 Å². The number of piperidine rings is 1. The normalized spacial score (nSPS) is 18.2. The van der Waals surface area contributed by atoms with Crippen LogP contribution in [0.2, 0.25) is 0 Å². The van der Waals surface area contributed by atoms with Crippen LogP contribution in [0.5, 0.6) is 0 Å².